The van der Waals surface area contributed by atoms with E-state index in [4.69, 9.17) is 0 Å². The average molecular weight is 392 g/mol. The van der Waals surface area contributed by atoms with Crippen molar-refractivity contribution in [3.63, 3.8) is 0 Å². The molecule has 4 rings (SSSR count). The number of nitrogens with zero attached hydrogens (tertiary/aromatic N) is 5. The van der Waals surface area contributed by atoms with E-state index in [9.17, 15) is 9.90 Å². The van der Waals surface area contributed by atoms with Crippen molar-refractivity contribution in [1.82, 2.24) is 29.7 Å². The minimum Gasteiger partial charge on any atom is -0.465 e. The first-order valence-electron chi connectivity index (χ1n) is 9.50. The van der Waals surface area contributed by atoms with E-state index in [0.29, 0.717) is 17.9 Å². The normalized spacial score (nSPS) is 13.1. The summed E-state index contributed by atoms with van der Waals surface area (Å²) in [6.07, 6.45) is 3.13. The highest BCUT2D eigenvalue weighted by Crippen LogP contribution is 2.32. The molecule has 0 aliphatic carbocycles. The van der Waals surface area contributed by atoms with Crippen molar-refractivity contribution < 1.29 is 9.90 Å². The number of pyridine rings is 1. The number of benzene rings is 1. The van der Waals surface area contributed by atoms with Gasteiger partial charge in [-0.3, -0.25) is 14.4 Å². The molecule has 0 radical (unpaired) electrons. The number of amides is 1. The van der Waals surface area contributed by atoms with Gasteiger partial charge in [-0.1, -0.05) is 12.1 Å². The Morgan fingerprint density at radius 1 is 1.28 bits per heavy atom. The summed E-state index contributed by atoms with van der Waals surface area (Å²) in [5.74, 6) is 0.600. The number of aryl methyl sites for hydroxylation is 1. The predicted octanol–water partition coefficient (Wildman–Crippen LogP) is 3.98. The molecule has 3 heterocycles. The second-order valence-corrected chi connectivity index (χ2v) is 8.28. The minimum absolute atomic E-state index is 0.473. The van der Waals surface area contributed by atoms with Crippen molar-refractivity contribution in [2.75, 3.05) is 0 Å². The Morgan fingerprint density at radius 2 is 2.07 bits per heavy atom. The molecule has 0 spiro atoms. The van der Waals surface area contributed by atoms with Gasteiger partial charge in [0.2, 0.25) is 0 Å². The first-order valence-corrected chi connectivity index (χ1v) is 9.50. The number of aromatic amines is 1. The van der Waals surface area contributed by atoms with Gasteiger partial charge in [0.1, 0.15) is 6.04 Å². The lowest BCUT2D eigenvalue weighted by Crippen LogP contribution is -2.48. The molecule has 1 aromatic carbocycles. The third kappa shape index (κ3) is 3.41. The van der Waals surface area contributed by atoms with Crippen LogP contribution in [0, 0.1) is 6.92 Å². The summed E-state index contributed by atoms with van der Waals surface area (Å²) in [5, 5.41) is 26.8. The fourth-order valence-electron chi connectivity index (χ4n) is 3.93. The predicted molar refractivity (Wildman–Crippen MR) is 110 cm³/mol. The number of carbonyl (C=O) groups is 1. The van der Waals surface area contributed by atoms with E-state index < -0.39 is 17.7 Å². The van der Waals surface area contributed by atoms with Gasteiger partial charge in [-0.2, -0.15) is 5.10 Å². The van der Waals surface area contributed by atoms with Crippen molar-refractivity contribution in [3.05, 3.63) is 59.7 Å². The molecule has 150 valence electrons. The smallest absolute Gasteiger partial charge is 0.408 e. The molecule has 0 fully saturated rings. The molecule has 1 amide bonds. The fraction of sp³-hybridized carbons (Fsp3) is 0.333. The van der Waals surface area contributed by atoms with E-state index in [2.05, 4.69) is 26.5 Å². The molecule has 1 unspecified atom stereocenters. The first-order chi connectivity index (χ1) is 13.8. The van der Waals surface area contributed by atoms with Gasteiger partial charge < -0.3 is 5.11 Å². The maximum atomic E-state index is 12.3. The van der Waals surface area contributed by atoms with Crippen LogP contribution in [0.3, 0.4) is 0 Å². The second kappa shape index (κ2) is 6.88. The van der Waals surface area contributed by atoms with Crippen LogP contribution < -0.4 is 0 Å². The van der Waals surface area contributed by atoms with Crippen molar-refractivity contribution in [3.8, 4) is 0 Å². The zero-order valence-corrected chi connectivity index (χ0v) is 16.9. The first kappa shape index (κ1) is 18.9. The highest BCUT2D eigenvalue weighted by Gasteiger charge is 2.37. The number of hydrogen-bond acceptors (Lipinski definition) is 4. The highest BCUT2D eigenvalue weighted by molar-refractivity contribution is 5.82. The molecule has 0 saturated carbocycles. The van der Waals surface area contributed by atoms with Gasteiger partial charge in [0, 0.05) is 23.5 Å². The fourth-order valence-corrected chi connectivity index (χ4v) is 3.93. The van der Waals surface area contributed by atoms with Crippen LogP contribution in [0.2, 0.25) is 0 Å². The Labute approximate surface area is 168 Å². The molecule has 4 aromatic rings. The number of fused-ring (bicyclic) bond motifs is 2. The number of nitrogens with one attached hydrogen (secondary N) is 1. The Kier molecular flexibility index (Phi) is 4.49. The number of aromatic nitrogens is 5. The van der Waals surface area contributed by atoms with E-state index in [-0.39, 0.29) is 0 Å². The van der Waals surface area contributed by atoms with Crippen molar-refractivity contribution in [2.24, 2.45) is 0 Å². The highest BCUT2D eigenvalue weighted by atomic mass is 16.4. The Bertz CT molecular complexity index is 1190. The maximum Gasteiger partial charge on any atom is 0.408 e. The van der Waals surface area contributed by atoms with Gasteiger partial charge >= 0.3 is 6.09 Å². The van der Waals surface area contributed by atoms with E-state index in [1.165, 1.54) is 4.90 Å². The van der Waals surface area contributed by atoms with Crippen molar-refractivity contribution in [2.45, 2.75) is 45.7 Å². The molecule has 8 heteroatoms. The summed E-state index contributed by atoms with van der Waals surface area (Å²) in [6.45, 7) is 7.69. The molecule has 0 bridgehead atoms. The van der Waals surface area contributed by atoms with Crippen LogP contribution in [-0.2, 0) is 6.42 Å². The maximum absolute atomic E-state index is 12.3. The molecular weight excluding hydrogens is 368 g/mol. The third-order valence-corrected chi connectivity index (χ3v) is 5.11. The van der Waals surface area contributed by atoms with Gasteiger partial charge in [0.25, 0.3) is 0 Å². The summed E-state index contributed by atoms with van der Waals surface area (Å²) in [4.78, 5) is 13.8. The number of rotatable bonds is 4. The SMILES string of the molecule is Cc1cc(CC(c2nnc3ccccn23)N(C(=O)O)C(C)(C)C)cc2cn[nH]c12. The topological polar surface area (TPSA) is 99.4 Å². The largest absolute Gasteiger partial charge is 0.465 e. The van der Waals surface area contributed by atoms with Crippen LogP contribution in [0.1, 0.15) is 43.8 Å². The Hall–Kier alpha value is -3.42. The van der Waals surface area contributed by atoms with Crippen LogP contribution in [0.25, 0.3) is 16.6 Å². The van der Waals surface area contributed by atoms with Crippen LogP contribution in [0.4, 0.5) is 4.79 Å². The lowest BCUT2D eigenvalue weighted by Gasteiger charge is -2.39. The molecule has 2 N–H and O–H groups in total. The van der Waals surface area contributed by atoms with E-state index in [1.54, 1.807) is 6.20 Å². The number of H-pyrrole nitrogens is 1. The average Bonchev–Trinajstić information content (AvgIpc) is 3.26. The summed E-state index contributed by atoms with van der Waals surface area (Å²) in [5.41, 5.74) is 3.14. The van der Waals surface area contributed by atoms with Gasteiger partial charge in [-0.25, -0.2) is 4.79 Å². The molecule has 0 saturated heterocycles. The summed E-state index contributed by atoms with van der Waals surface area (Å²) >= 11 is 0. The summed E-state index contributed by atoms with van der Waals surface area (Å²) in [6, 6.07) is 9.24. The molecule has 0 aliphatic heterocycles. The standard InChI is InChI=1S/C21H24N6O2/c1-13-9-14(10-15-12-22-24-18(13)15)11-16(27(20(28)29)21(2,3)4)19-25-23-17-7-5-6-8-26(17)19/h5-10,12,16H,11H2,1-4H3,(H,22,24)(H,28,29). The zero-order valence-electron chi connectivity index (χ0n) is 16.9. The summed E-state index contributed by atoms with van der Waals surface area (Å²) in [7, 11) is 0. The van der Waals surface area contributed by atoms with Crippen LogP contribution >= 0.6 is 0 Å². The quantitative estimate of drug-likeness (QED) is 0.547. The van der Waals surface area contributed by atoms with Gasteiger partial charge in [0.15, 0.2) is 11.5 Å². The van der Waals surface area contributed by atoms with Crippen molar-refractivity contribution >= 4 is 22.6 Å². The Balaban J connectivity index is 1.86. The van der Waals surface area contributed by atoms with E-state index in [0.717, 1.165) is 22.0 Å². The third-order valence-electron chi connectivity index (χ3n) is 5.11. The van der Waals surface area contributed by atoms with Gasteiger partial charge in [-0.05, 0) is 57.0 Å². The molecule has 3 aromatic heterocycles. The van der Waals surface area contributed by atoms with E-state index in [1.807, 2.05) is 62.6 Å². The van der Waals surface area contributed by atoms with Crippen LogP contribution in [0.5, 0.6) is 0 Å². The monoisotopic (exact) mass is 392 g/mol. The molecule has 8 nitrogen and oxygen atoms in total. The van der Waals surface area contributed by atoms with Gasteiger partial charge in [0.05, 0.1) is 11.7 Å². The van der Waals surface area contributed by atoms with Crippen LogP contribution in [-0.4, -0.2) is 46.4 Å². The lowest BCUT2D eigenvalue weighted by molar-refractivity contribution is 0.0665. The van der Waals surface area contributed by atoms with Gasteiger partial charge in [-0.15, -0.1) is 10.2 Å². The second-order valence-electron chi connectivity index (χ2n) is 8.28. The molecule has 1 atom stereocenters. The minimum atomic E-state index is -0.990. The lowest BCUT2D eigenvalue weighted by atomic mass is 9.96. The number of hydrogen-bond donors (Lipinski definition) is 2. The molecule has 29 heavy (non-hydrogen) atoms. The Morgan fingerprint density at radius 3 is 2.79 bits per heavy atom. The van der Waals surface area contributed by atoms with E-state index >= 15 is 0 Å². The van der Waals surface area contributed by atoms with Crippen molar-refractivity contribution in [1.29, 1.82) is 0 Å². The number of carboxylic acid groups (broad SMARTS) is 1. The van der Waals surface area contributed by atoms with Crippen LogP contribution in [0.15, 0.2) is 42.7 Å². The summed E-state index contributed by atoms with van der Waals surface area (Å²) < 4.78 is 1.86. The molecular formula is C21H24N6O2. The zero-order chi connectivity index (χ0) is 20.8. The molecule has 0 aliphatic rings.